The Hall–Kier alpha value is -2.15. The zero-order valence-electron chi connectivity index (χ0n) is 12.3. The zero-order valence-corrected chi connectivity index (χ0v) is 13.1. The van der Waals surface area contributed by atoms with Crippen LogP contribution < -0.4 is 5.63 Å². The summed E-state index contributed by atoms with van der Waals surface area (Å²) < 4.78 is 15.5. The van der Waals surface area contributed by atoms with E-state index in [1.54, 1.807) is 31.4 Å². The van der Waals surface area contributed by atoms with E-state index in [1.807, 2.05) is 0 Å². The van der Waals surface area contributed by atoms with Crippen LogP contribution in [0.2, 0.25) is 0 Å². The third-order valence-electron chi connectivity index (χ3n) is 2.97. The second-order valence-corrected chi connectivity index (χ2v) is 5.38. The molecular weight excluding hydrogens is 308 g/mol. The van der Waals surface area contributed by atoms with E-state index >= 15 is 0 Å². The number of ether oxygens (including phenoxy) is 2. The summed E-state index contributed by atoms with van der Waals surface area (Å²) in [4.78, 5) is 35.7. The molecule has 0 saturated carbocycles. The molecule has 0 bridgehead atoms. The van der Waals surface area contributed by atoms with Gasteiger partial charge in [-0.05, 0) is 31.4 Å². The molecule has 0 saturated heterocycles. The number of thiophene rings is 1. The van der Waals surface area contributed by atoms with Crippen LogP contribution in [-0.4, -0.2) is 25.2 Å². The van der Waals surface area contributed by atoms with Gasteiger partial charge in [0.05, 0.1) is 13.2 Å². The van der Waals surface area contributed by atoms with Crippen LogP contribution in [0.3, 0.4) is 0 Å². The monoisotopic (exact) mass is 324 g/mol. The number of hydrogen-bond donors (Lipinski definition) is 0. The number of carbonyl (C=O) groups is 2. The molecule has 0 aliphatic rings. The van der Waals surface area contributed by atoms with Crippen LogP contribution in [0.15, 0.2) is 26.7 Å². The summed E-state index contributed by atoms with van der Waals surface area (Å²) in [5.41, 5.74) is -0.478. The molecule has 118 valence electrons. The van der Waals surface area contributed by atoms with E-state index in [1.165, 1.54) is 11.3 Å². The van der Waals surface area contributed by atoms with Crippen molar-refractivity contribution in [3.8, 4) is 0 Å². The van der Waals surface area contributed by atoms with Crippen LogP contribution in [0.1, 0.15) is 19.6 Å². The summed E-state index contributed by atoms with van der Waals surface area (Å²) in [7, 11) is 0. The van der Waals surface area contributed by atoms with Crippen LogP contribution in [0.25, 0.3) is 10.1 Å². The Morgan fingerprint density at radius 3 is 2.45 bits per heavy atom. The van der Waals surface area contributed by atoms with Gasteiger partial charge in [-0.2, -0.15) is 0 Å². The Labute approximate surface area is 130 Å². The SMILES string of the molecule is CCOC(=O)C(Cc1cc2ccsc2c(=O)o1)C(=O)OCC. The minimum Gasteiger partial charge on any atom is -0.465 e. The number of rotatable bonds is 6. The molecule has 6 nitrogen and oxygen atoms in total. The Bertz CT molecular complexity index is 711. The second kappa shape index (κ2) is 7.22. The average molecular weight is 324 g/mol. The normalized spacial score (nSPS) is 10.9. The van der Waals surface area contributed by atoms with Crippen LogP contribution in [0.5, 0.6) is 0 Å². The van der Waals surface area contributed by atoms with Crippen LogP contribution in [-0.2, 0) is 25.5 Å². The minimum atomic E-state index is -1.14. The number of carbonyl (C=O) groups excluding carboxylic acids is 2. The van der Waals surface area contributed by atoms with E-state index in [0.717, 1.165) is 5.39 Å². The van der Waals surface area contributed by atoms with Gasteiger partial charge in [-0.3, -0.25) is 9.59 Å². The summed E-state index contributed by atoms with van der Waals surface area (Å²) in [6.07, 6.45) is -0.0707. The largest absolute Gasteiger partial charge is 0.465 e. The fourth-order valence-electron chi connectivity index (χ4n) is 2.02. The summed E-state index contributed by atoms with van der Waals surface area (Å²) in [5, 5.41) is 2.50. The summed E-state index contributed by atoms with van der Waals surface area (Å²) in [6, 6.07) is 3.43. The Morgan fingerprint density at radius 2 is 1.86 bits per heavy atom. The van der Waals surface area contributed by atoms with E-state index in [9.17, 15) is 14.4 Å². The fraction of sp³-hybridized carbons (Fsp3) is 0.400. The van der Waals surface area contributed by atoms with Crippen LogP contribution in [0.4, 0.5) is 0 Å². The standard InChI is InChI=1S/C15H16O6S/c1-3-19-13(16)11(14(17)20-4-2)8-10-7-9-5-6-22-12(9)15(18)21-10/h5-7,11H,3-4,8H2,1-2H3. The van der Waals surface area contributed by atoms with Crippen molar-refractivity contribution in [2.24, 2.45) is 5.92 Å². The molecule has 0 radical (unpaired) electrons. The first-order valence-corrected chi connectivity index (χ1v) is 7.78. The average Bonchev–Trinajstić information content (AvgIpc) is 2.94. The maximum atomic E-state index is 11.9. The molecule has 0 fully saturated rings. The van der Waals surface area contributed by atoms with Gasteiger partial charge in [0, 0.05) is 11.8 Å². The molecule has 7 heteroatoms. The van der Waals surface area contributed by atoms with Gasteiger partial charge in [-0.25, -0.2) is 4.79 Å². The first-order valence-electron chi connectivity index (χ1n) is 6.90. The predicted octanol–water partition coefficient (Wildman–Crippen LogP) is 2.14. The lowest BCUT2D eigenvalue weighted by molar-refractivity contribution is -0.161. The van der Waals surface area contributed by atoms with Crippen molar-refractivity contribution in [3.63, 3.8) is 0 Å². The van der Waals surface area contributed by atoms with Gasteiger partial charge in [-0.15, -0.1) is 11.3 Å². The molecule has 2 aromatic rings. The van der Waals surface area contributed by atoms with Gasteiger partial charge >= 0.3 is 17.6 Å². The molecule has 0 aromatic carbocycles. The van der Waals surface area contributed by atoms with Gasteiger partial charge in [0.2, 0.25) is 0 Å². The third-order valence-corrected chi connectivity index (χ3v) is 3.88. The second-order valence-electron chi connectivity index (χ2n) is 4.47. The van der Waals surface area contributed by atoms with Crippen molar-refractivity contribution in [1.29, 1.82) is 0 Å². The molecule has 2 rings (SSSR count). The van der Waals surface area contributed by atoms with Crippen molar-refractivity contribution in [3.05, 3.63) is 33.7 Å². The topological polar surface area (TPSA) is 82.8 Å². The van der Waals surface area contributed by atoms with E-state index in [-0.39, 0.29) is 25.4 Å². The molecule has 0 spiro atoms. The van der Waals surface area contributed by atoms with Crippen LogP contribution in [0, 0.1) is 5.92 Å². The molecule has 2 aromatic heterocycles. The van der Waals surface area contributed by atoms with Crippen molar-refractivity contribution >= 4 is 33.4 Å². The molecule has 0 N–H and O–H groups in total. The van der Waals surface area contributed by atoms with Crippen molar-refractivity contribution in [1.82, 2.24) is 0 Å². The highest BCUT2D eigenvalue weighted by molar-refractivity contribution is 7.17. The molecule has 0 unspecified atom stereocenters. The molecule has 0 amide bonds. The van der Waals surface area contributed by atoms with Gasteiger partial charge in [0.1, 0.15) is 10.5 Å². The molecule has 0 aliphatic carbocycles. The Morgan fingerprint density at radius 1 is 1.23 bits per heavy atom. The Kier molecular flexibility index (Phi) is 5.32. The summed E-state index contributed by atoms with van der Waals surface area (Å²) in [5.74, 6) is -2.26. The Balaban J connectivity index is 2.29. The van der Waals surface area contributed by atoms with Crippen molar-refractivity contribution < 1.29 is 23.5 Å². The molecule has 0 aliphatic heterocycles. The number of esters is 2. The highest BCUT2D eigenvalue weighted by Gasteiger charge is 2.31. The van der Waals surface area contributed by atoms with Crippen molar-refractivity contribution in [2.45, 2.75) is 20.3 Å². The molecular formula is C15H16O6S. The maximum Gasteiger partial charge on any atom is 0.354 e. The summed E-state index contributed by atoms with van der Waals surface area (Å²) in [6.45, 7) is 3.61. The van der Waals surface area contributed by atoms with Crippen molar-refractivity contribution in [2.75, 3.05) is 13.2 Å². The predicted molar refractivity (Wildman–Crippen MR) is 80.8 cm³/mol. The van der Waals surface area contributed by atoms with Crippen LogP contribution >= 0.6 is 11.3 Å². The molecule has 2 heterocycles. The van der Waals surface area contributed by atoms with E-state index in [0.29, 0.717) is 4.70 Å². The lowest BCUT2D eigenvalue weighted by Crippen LogP contribution is -2.30. The smallest absolute Gasteiger partial charge is 0.354 e. The lowest BCUT2D eigenvalue weighted by atomic mass is 10.0. The zero-order chi connectivity index (χ0) is 16.1. The minimum absolute atomic E-state index is 0.0707. The molecule has 22 heavy (non-hydrogen) atoms. The maximum absolute atomic E-state index is 11.9. The van der Waals surface area contributed by atoms with Gasteiger partial charge in [-0.1, -0.05) is 0 Å². The van der Waals surface area contributed by atoms with E-state index in [4.69, 9.17) is 13.9 Å². The summed E-state index contributed by atoms with van der Waals surface area (Å²) >= 11 is 1.28. The highest BCUT2D eigenvalue weighted by Crippen LogP contribution is 2.20. The fourth-order valence-corrected chi connectivity index (χ4v) is 2.77. The molecule has 0 atom stereocenters. The third kappa shape index (κ3) is 3.54. The number of fused-ring (bicyclic) bond motifs is 1. The number of hydrogen-bond acceptors (Lipinski definition) is 7. The highest BCUT2D eigenvalue weighted by atomic mass is 32.1. The quantitative estimate of drug-likeness (QED) is 0.598. The van der Waals surface area contributed by atoms with E-state index < -0.39 is 23.5 Å². The first kappa shape index (κ1) is 16.2. The van der Waals surface area contributed by atoms with Gasteiger partial charge < -0.3 is 13.9 Å². The first-order chi connectivity index (χ1) is 10.6. The van der Waals surface area contributed by atoms with Gasteiger partial charge in [0.25, 0.3) is 0 Å². The van der Waals surface area contributed by atoms with Gasteiger partial charge in [0.15, 0.2) is 5.92 Å². The lowest BCUT2D eigenvalue weighted by Gasteiger charge is -2.13. The van der Waals surface area contributed by atoms with E-state index in [2.05, 4.69) is 0 Å².